The zero-order valence-electron chi connectivity index (χ0n) is 23.5. The van der Waals surface area contributed by atoms with E-state index >= 15 is 0 Å². The molecule has 2 atom stereocenters. The summed E-state index contributed by atoms with van der Waals surface area (Å²) < 4.78 is 62.4. The van der Waals surface area contributed by atoms with E-state index in [1.807, 2.05) is 6.92 Å². The van der Waals surface area contributed by atoms with Gasteiger partial charge in [0.15, 0.2) is 0 Å². The van der Waals surface area contributed by atoms with E-state index in [1.54, 1.807) is 42.5 Å². The van der Waals surface area contributed by atoms with E-state index in [0.29, 0.717) is 12.0 Å². The van der Waals surface area contributed by atoms with Crippen molar-refractivity contribution in [2.45, 2.75) is 47.8 Å². The van der Waals surface area contributed by atoms with Crippen molar-refractivity contribution in [1.82, 2.24) is 4.72 Å². The molecular formula is C31H30Cl2N2O7S2. The van der Waals surface area contributed by atoms with Crippen LogP contribution in [0, 0.1) is 5.92 Å². The van der Waals surface area contributed by atoms with Crippen LogP contribution in [0.5, 0.6) is 5.75 Å². The summed E-state index contributed by atoms with van der Waals surface area (Å²) in [7, 11) is -7.88. The van der Waals surface area contributed by atoms with Gasteiger partial charge in [0.1, 0.15) is 16.4 Å². The summed E-state index contributed by atoms with van der Waals surface area (Å²) in [6, 6.07) is 20.0. The maximum absolute atomic E-state index is 13.4. The Morgan fingerprint density at radius 2 is 1.66 bits per heavy atom. The Hall–Kier alpha value is -3.35. The third kappa shape index (κ3) is 7.13. The van der Waals surface area contributed by atoms with Crippen molar-refractivity contribution < 1.29 is 26.4 Å². The SMILES string of the molecule is CCC(CNS(=O)(=O)c1ccccc1)c1cc(O)c(C(c2cccc(NS(=O)(=O)c3cc(Cl)ccc3Cl)c2)C2CC2)c(=O)o1. The Labute approximate surface area is 266 Å². The lowest BCUT2D eigenvalue weighted by Gasteiger charge is -2.20. The molecule has 2 unspecified atom stereocenters. The smallest absolute Gasteiger partial charge is 0.343 e. The van der Waals surface area contributed by atoms with Crippen LogP contribution < -0.4 is 15.1 Å². The summed E-state index contributed by atoms with van der Waals surface area (Å²) in [6.07, 6.45) is 2.04. The van der Waals surface area contributed by atoms with E-state index in [-0.39, 0.29) is 55.1 Å². The Bertz CT molecular complexity index is 1950. The summed E-state index contributed by atoms with van der Waals surface area (Å²) in [6.45, 7) is 1.78. The molecule has 4 aromatic rings. The van der Waals surface area contributed by atoms with Crippen LogP contribution in [0.4, 0.5) is 5.69 Å². The summed E-state index contributed by atoms with van der Waals surface area (Å²) in [5.74, 6) is -1.16. The molecule has 0 aliphatic heterocycles. The fourth-order valence-electron chi connectivity index (χ4n) is 5.13. The molecule has 0 bridgehead atoms. The first-order valence-electron chi connectivity index (χ1n) is 13.9. The molecule has 9 nitrogen and oxygen atoms in total. The van der Waals surface area contributed by atoms with Gasteiger partial charge >= 0.3 is 5.63 Å². The average molecular weight is 678 g/mol. The van der Waals surface area contributed by atoms with Crippen molar-refractivity contribution in [1.29, 1.82) is 0 Å². The van der Waals surface area contributed by atoms with Gasteiger partial charge in [0.2, 0.25) is 10.0 Å². The molecule has 0 spiro atoms. The average Bonchev–Trinajstić information content (AvgIpc) is 3.82. The summed E-state index contributed by atoms with van der Waals surface area (Å²) in [4.78, 5) is 13.3. The van der Waals surface area contributed by atoms with Crippen molar-refractivity contribution in [2.24, 2.45) is 5.92 Å². The van der Waals surface area contributed by atoms with Gasteiger partial charge in [-0.05, 0) is 73.2 Å². The number of rotatable bonds is 12. The van der Waals surface area contributed by atoms with Crippen LogP contribution in [0.2, 0.25) is 10.0 Å². The minimum atomic E-state index is -4.09. The summed E-state index contributed by atoms with van der Waals surface area (Å²) in [5, 5.41) is 11.4. The number of anilines is 1. The molecule has 0 amide bonds. The van der Waals surface area contributed by atoms with Crippen LogP contribution in [-0.4, -0.2) is 28.5 Å². The molecule has 1 fully saturated rings. The number of sulfonamides is 2. The maximum atomic E-state index is 13.4. The predicted molar refractivity (Wildman–Crippen MR) is 170 cm³/mol. The minimum Gasteiger partial charge on any atom is -0.507 e. The largest absolute Gasteiger partial charge is 0.507 e. The zero-order valence-corrected chi connectivity index (χ0v) is 26.7. The van der Waals surface area contributed by atoms with Crippen LogP contribution in [0.25, 0.3) is 0 Å². The molecule has 1 aliphatic carbocycles. The quantitative estimate of drug-likeness (QED) is 0.156. The minimum absolute atomic E-state index is 0.00906. The molecule has 44 heavy (non-hydrogen) atoms. The highest BCUT2D eigenvalue weighted by atomic mass is 35.5. The van der Waals surface area contributed by atoms with Gasteiger partial charge in [0.05, 0.1) is 15.5 Å². The van der Waals surface area contributed by atoms with Crippen LogP contribution in [0.15, 0.2) is 97.9 Å². The second kappa shape index (κ2) is 12.9. The van der Waals surface area contributed by atoms with Gasteiger partial charge < -0.3 is 9.52 Å². The molecule has 0 saturated heterocycles. The maximum Gasteiger partial charge on any atom is 0.343 e. The first-order valence-corrected chi connectivity index (χ1v) is 17.6. The third-order valence-electron chi connectivity index (χ3n) is 7.54. The van der Waals surface area contributed by atoms with E-state index in [4.69, 9.17) is 27.6 Å². The number of halogens is 2. The topological polar surface area (TPSA) is 143 Å². The molecule has 1 saturated carbocycles. The Morgan fingerprint density at radius 1 is 0.932 bits per heavy atom. The highest BCUT2D eigenvalue weighted by molar-refractivity contribution is 7.92. The van der Waals surface area contributed by atoms with Crippen molar-refractivity contribution in [3.05, 3.63) is 116 Å². The van der Waals surface area contributed by atoms with Crippen molar-refractivity contribution in [2.75, 3.05) is 11.3 Å². The number of hydrogen-bond donors (Lipinski definition) is 3. The lowest BCUT2D eigenvalue weighted by Crippen LogP contribution is -2.29. The van der Waals surface area contributed by atoms with Crippen LogP contribution in [0.3, 0.4) is 0 Å². The molecule has 3 aromatic carbocycles. The molecule has 5 rings (SSSR count). The van der Waals surface area contributed by atoms with E-state index in [2.05, 4.69) is 9.44 Å². The molecule has 0 radical (unpaired) electrons. The first-order chi connectivity index (χ1) is 20.9. The Balaban J connectivity index is 1.42. The summed E-state index contributed by atoms with van der Waals surface area (Å²) >= 11 is 12.1. The fraction of sp³-hybridized carbons (Fsp3) is 0.258. The molecular weight excluding hydrogens is 647 g/mol. The third-order valence-corrected chi connectivity index (χ3v) is 11.1. The Kier molecular flexibility index (Phi) is 9.43. The molecule has 1 heterocycles. The fourth-order valence-corrected chi connectivity index (χ4v) is 8.04. The van der Waals surface area contributed by atoms with E-state index in [9.17, 15) is 26.7 Å². The predicted octanol–water partition coefficient (Wildman–Crippen LogP) is 6.47. The number of nitrogens with one attached hydrogen (secondary N) is 2. The van der Waals surface area contributed by atoms with E-state index in [0.717, 1.165) is 12.8 Å². The number of benzene rings is 3. The van der Waals surface area contributed by atoms with Gasteiger partial charge in [-0.2, -0.15) is 0 Å². The molecule has 13 heteroatoms. The Morgan fingerprint density at radius 3 is 2.32 bits per heavy atom. The standard InChI is InChI=1S/C31H30Cl2N2O7S2/c1-2-19(18-34-43(38,39)24-9-4-3-5-10-24)27-17-26(36)30(31(37)42-27)29(20-11-12-20)21-7-6-8-23(15-21)35-44(40,41)28-16-22(32)13-14-25(28)33/h3-10,13-17,19-20,29,34-36H,2,11-12,18H2,1H3. The molecule has 1 aliphatic rings. The number of hydrogen-bond acceptors (Lipinski definition) is 7. The lowest BCUT2D eigenvalue weighted by atomic mass is 9.87. The highest BCUT2D eigenvalue weighted by Crippen LogP contribution is 2.48. The second-order valence-electron chi connectivity index (χ2n) is 10.6. The van der Waals surface area contributed by atoms with Crippen LogP contribution >= 0.6 is 23.2 Å². The van der Waals surface area contributed by atoms with Crippen molar-refractivity contribution in [3.8, 4) is 5.75 Å². The highest BCUT2D eigenvalue weighted by Gasteiger charge is 2.38. The van der Waals surface area contributed by atoms with Gasteiger partial charge in [-0.15, -0.1) is 0 Å². The van der Waals surface area contributed by atoms with E-state index in [1.165, 1.54) is 36.4 Å². The van der Waals surface area contributed by atoms with Crippen molar-refractivity contribution >= 4 is 48.9 Å². The first kappa shape index (κ1) is 32.1. The number of aromatic hydroxyl groups is 1. The van der Waals surface area contributed by atoms with Gasteiger partial charge in [-0.1, -0.05) is 60.5 Å². The second-order valence-corrected chi connectivity index (χ2v) is 14.9. The van der Waals surface area contributed by atoms with Gasteiger partial charge in [-0.3, -0.25) is 4.72 Å². The molecule has 232 valence electrons. The molecule has 1 aromatic heterocycles. The van der Waals surface area contributed by atoms with Crippen molar-refractivity contribution in [3.63, 3.8) is 0 Å². The normalized spacial score (nSPS) is 15.1. The monoisotopic (exact) mass is 676 g/mol. The van der Waals surface area contributed by atoms with Gasteiger partial charge in [0.25, 0.3) is 10.0 Å². The van der Waals surface area contributed by atoms with Crippen LogP contribution in [-0.2, 0) is 20.0 Å². The van der Waals surface area contributed by atoms with Gasteiger partial charge in [-0.25, -0.2) is 26.4 Å². The lowest BCUT2D eigenvalue weighted by molar-refractivity contribution is 0.379. The van der Waals surface area contributed by atoms with Gasteiger partial charge in [0, 0.05) is 35.2 Å². The zero-order chi connectivity index (χ0) is 31.6. The van der Waals surface area contributed by atoms with Crippen LogP contribution in [0.1, 0.15) is 54.9 Å². The van der Waals surface area contributed by atoms with E-state index < -0.39 is 37.5 Å². The summed E-state index contributed by atoms with van der Waals surface area (Å²) in [5.41, 5.74) is 0.177. The molecule has 3 N–H and O–H groups in total.